The lowest BCUT2D eigenvalue weighted by molar-refractivity contribution is -0.141. The van der Waals surface area contributed by atoms with Crippen LogP contribution in [-0.4, -0.2) is 46.6 Å². The molecule has 0 radical (unpaired) electrons. The largest absolute Gasteiger partial charge is 0.481 e. The summed E-state index contributed by atoms with van der Waals surface area (Å²) in [6.07, 6.45) is -0.437. The highest BCUT2D eigenvalue weighted by Crippen LogP contribution is 2.19. The van der Waals surface area contributed by atoms with Crippen LogP contribution in [0.5, 0.6) is 0 Å². The minimum absolute atomic E-state index is 0.208. The van der Waals surface area contributed by atoms with Gasteiger partial charge < -0.3 is 15.5 Å². The smallest absolute Gasteiger partial charge is 0.326 e. The summed E-state index contributed by atoms with van der Waals surface area (Å²) >= 11 is 0. The van der Waals surface area contributed by atoms with Crippen LogP contribution in [-0.2, 0) is 19.2 Å². The Balaban J connectivity index is 3.18. The van der Waals surface area contributed by atoms with Gasteiger partial charge in [-0.05, 0) is 19.1 Å². The van der Waals surface area contributed by atoms with Crippen molar-refractivity contribution < 1.29 is 29.4 Å². The van der Waals surface area contributed by atoms with Gasteiger partial charge in [0, 0.05) is 5.69 Å². The number of aliphatic carboxylic acids is 2. The van der Waals surface area contributed by atoms with Crippen LogP contribution in [0.3, 0.4) is 0 Å². The minimum Gasteiger partial charge on any atom is -0.481 e. The SMILES string of the molecule is C[C@@H](C(=O)O)N(C(=O)[C@H](CC(=O)O)NC=O)c1ccccc1. The van der Waals surface area contributed by atoms with E-state index in [2.05, 4.69) is 5.32 Å². The molecule has 0 bridgehead atoms. The van der Waals surface area contributed by atoms with E-state index >= 15 is 0 Å². The maximum Gasteiger partial charge on any atom is 0.326 e. The molecule has 2 atom stereocenters. The Bertz CT molecular complexity index is 560. The summed E-state index contributed by atoms with van der Waals surface area (Å²) in [6.45, 7) is 1.30. The molecule has 0 unspecified atom stereocenters. The van der Waals surface area contributed by atoms with Crippen molar-refractivity contribution >= 4 is 29.9 Å². The maximum atomic E-state index is 12.5. The van der Waals surface area contributed by atoms with Crippen molar-refractivity contribution in [2.24, 2.45) is 0 Å². The first-order chi connectivity index (χ1) is 10.4. The first-order valence-electron chi connectivity index (χ1n) is 6.41. The maximum absolute atomic E-state index is 12.5. The number of nitrogens with one attached hydrogen (secondary N) is 1. The Hall–Kier alpha value is -2.90. The number of carbonyl (C=O) groups excluding carboxylic acids is 2. The number of benzene rings is 1. The molecule has 0 aromatic heterocycles. The van der Waals surface area contributed by atoms with Crippen LogP contribution in [0.15, 0.2) is 30.3 Å². The van der Waals surface area contributed by atoms with Gasteiger partial charge in [-0.15, -0.1) is 0 Å². The summed E-state index contributed by atoms with van der Waals surface area (Å²) in [7, 11) is 0. The molecule has 1 aromatic rings. The van der Waals surface area contributed by atoms with Gasteiger partial charge in [-0.3, -0.25) is 19.3 Å². The molecule has 8 heteroatoms. The number of hydrogen-bond acceptors (Lipinski definition) is 4. The average Bonchev–Trinajstić information content (AvgIpc) is 2.47. The first kappa shape index (κ1) is 17.2. The van der Waals surface area contributed by atoms with Gasteiger partial charge in [0.1, 0.15) is 12.1 Å². The highest BCUT2D eigenvalue weighted by Gasteiger charge is 2.33. The molecule has 0 heterocycles. The van der Waals surface area contributed by atoms with Gasteiger partial charge in [0.05, 0.1) is 6.42 Å². The quantitative estimate of drug-likeness (QED) is 0.584. The summed E-state index contributed by atoms with van der Waals surface area (Å²) in [6, 6.07) is 5.39. The fourth-order valence-corrected chi connectivity index (χ4v) is 1.88. The number of para-hydroxylation sites is 1. The monoisotopic (exact) mass is 308 g/mol. The summed E-state index contributed by atoms with van der Waals surface area (Å²) in [5, 5.41) is 20.1. The van der Waals surface area contributed by atoms with E-state index < -0.39 is 36.4 Å². The van der Waals surface area contributed by atoms with Crippen molar-refractivity contribution in [2.75, 3.05) is 4.90 Å². The van der Waals surface area contributed by atoms with Crippen LogP contribution in [0.1, 0.15) is 13.3 Å². The van der Waals surface area contributed by atoms with Crippen molar-refractivity contribution in [1.82, 2.24) is 5.32 Å². The Morgan fingerprint density at radius 3 is 2.27 bits per heavy atom. The van der Waals surface area contributed by atoms with Crippen LogP contribution in [0.4, 0.5) is 5.69 Å². The van der Waals surface area contributed by atoms with Gasteiger partial charge in [0.15, 0.2) is 0 Å². The minimum atomic E-state index is -1.35. The van der Waals surface area contributed by atoms with Crippen molar-refractivity contribution in [1.29, 1.82) is 0 Å². The molecular weight excluding hydrogens is 292 g/mol. The predicted octanol–water partition coefficient (Wildman–Crippen LogP) is 0.0820. The molecule has 0 spiro atoms. The molecule has 0 aliphatic heterocycles. The lowest BCUT2D eigenvalue weighted by atomic mass is 10.1. The molecule has 3 N–H and O–H groups in total. The Labute approximate surface area is 126 Å². The van der Waals surface area contributed by atoms with E-state index in [-0.39, 0.29) is 6.41 Å². The normalized spacial score (nSPS) is 12.8. The predicted molar refractivity (Wildman–Crippen MR) is 76.3 cm³/mol. The number of rotatable bonds is 8. The number of amides is 2. The van der Waals surface area contributed by atoms with Crippen molar-refractivity contribution in [3.05, 3.63) is 30.3 Å². The third-order valence-electron chi connectivity index (χ3n) is 2.96. The Morgan fingerprint density at radius 2 is 1.82 bits per heavy atom. The van der Waals surface area contributed by atoms with E-state index in [4.69, 9.17) is 10.2 Å². The van der Waals surface area contributed by atoms with Gasteiger partial charge in [-0.2, -0.15) is 0 Å². The van der Waals surface area contributed by atoms with Gasteiger partial charge in [0.25, 0.3) is 5.91 Å². The lowest BCUT2D eigenvalue weighted by Gasteiger charge is -2.29. The Morgan fingerprint density at radius 1 is 1.23 bits per heavy atom. The molecule has 1 rings (SSSR count). The highest BCUT2D eigenvalue weighted by atomic mass is 16.4. The molecule has 0 aliphatic rings. The second-order valence-corrected chi connectivity index (χ2v) is 4.49. The summed E-state index contributed by atoms with van der Waals surface area (Å²) < 4.78 is 0. The summed E-state index contributed by atoms with van der Waals surface area (Å²) in [4.78, 5) is 46.0. The van der Waals surface area contributed by atoms with Crippen molar-refractivity contribution in [3.8, 4) is 0 Å². The molecule has 0 fully saturated rings. The van der Waals surface area contributed by atoms with E-state index in [0.29, 0.717) is 5.69 Å². The van der Waals surface area contributed by atoms with E-state index in [1.165, 1.54) is 19.1 Å². The Kier molecular flexibility index (Phi) is 6.06. The number of carbonyl (C=O) groups is 4. The highest BCUT2D eigenvalue weighted by molar-refractivity contribution is 6.03. The zero-order valence-corrected chi connectivity index (χ0v) is 11.8. The summed E-state index contributed by atoms with van der Waals surface area (Å²) in [5.41, 5.74) is 0.297. The van der Waals surface area contributed by atoms with E-state index in [1.54, 1.807) is 18.2 Å². The molecule has 118 valence electrons. The van der Waals surface area contributed by atoms with Crippen LogP contribution >= 0.6 is 0 Å². The number of carboxylic acid groups (broad SMARTS) is 2. The zero-order valence-electron chi connectivity index (χ0n) is 11.8. The average molecular weight is 308 g/mol. The molecule has 0 aliphatic carbocycles. The number of anilines is 1. The molecule has 22 heavy (non-hydrogen) atoms. The molecule has 0 saturated heterocycles. The number of nitrogens with zero attached hydrogens (tertiary/aromatic N) is 1. The number of hydrogen-bond donors (Lipinski definition) is 3. The van der Waals surface area contributed by atoms with Gasteiger partial charge in [-0.25, -0.2) is 4.79 Å². The topological polar surface area (TPSA) is 124 Å². The van der Waals surface area contributed by atoms with Crippen molar-refractivity contribution in [2.45, 2.75) is 25.4 Å². The third-order valence-corrected chi connectivity index (χ3v) is 2.96. The van der Waals surface area contributed by atoms with Crippen LogP contribution in [0.25, 0.3) is 0 Å². The van der Waals surface area contributed by atoms with E-state index in [0.717, 1.165) is 4.90 Å². The molecule has 2 amide bonds. The van der Waals surface area contributed by atoms with Gasteiger partial charge >= 0.3 is 11.9 Å². The molecule has 0 saturated carbocycles. The van der Waals surface area contributed by atoms with Crippen LogP contribution in [0.2, 0.25) is 0 Å². The molecule has 8 nitrogen and oxygen atoms in total. The standard InChI is InChI=1S/C14H16N2O6/c1-9(14(21)22)16(10-5-3-2-4-6-10)13(20)11(15-8-17)7-12(18)19/h2-6,8-9,11H,7H2,1H3,(H,15,17)(H,18,19)(H,21,22)/t9-,11-/m0/s1. The number of carboxylic acids is 2. The van der Waals surface area contributed by atoms with Gasteiger partial charge in [-0.1, -0.05) is 18.2 Å². The van der Waals surface area contributed by atoms with Crippen LogP contribution in [0, 0.1) is 0 Å². The molecular formula is C14H16N2O6. The second-order valence-electron chi connectivity index (χ2n) is 4.49. The van der Waals surface area contributed by atoms with E-state index in [9.17, 15) is 19.2 Å². The van der Waals surface area contributed by atoms with E-state index in [1.807, 2.05) is 0 Å². The second kappa shape index (κ2) is 7.77. The van der Waals surface area contributed by atoms with Crippen molar-refractivity contribution in [3.63, 3.8) is 0 Å². The first-order valence-corrected chi connectivity index (χ1v) is 6.41. The summed E-state index contributed by atoms with van der Waals surface area (Å²) in [5.74, 6) is -3.35. The molecule has 1 aromatic carbocycles. The lowest BCUT2D eigenvalue weighted by Crippen LogP contribution is -2.52. The van der Waals surface area contributed by atoms with Crippen LogP contribution < -0.4 is 10.2 Å². The third kappa shape index (κ3) is 4.30. The fourth-order valence-electron chi connectivity index (χ4n) is 1.88. The zero-order chi connectivity index (χ0) is 16.7. The fraction of sp³-hybridized carbons (Fsp3) is 0.286. The van der Waals surface area contributed by atoms with Gasteiger partial charge in [0.2, 0.25) is 6.41 Å².